The summed E-state index contributed by atoms with van der Waals surface area (Å²) in [5.41, 5.74) is -0.0345. The summed E-state index contributed by atoms with van der Waals surface area (Å²) in [6, 6.07) is 6.23. The molecule has 0 aliphatic rings. The molecule has 0 heterocycles. The van der Waals surface area contributed by atoms with Crippen LogP contribution in [0.2, 0.25) is 0 Å². The van der Waals surface area contributed by atoms with Crippen molar-refractivity contribution in [2.75, 3.05) is 13.1 Å². The van der Waals surface area contributed by atoms with E-state index in [1.165, 1.54) is 29.2 Å². The van der Waals surface area contributed by atoms with Crippen molar-refractivity contribution >= 4 is 6.03 Å². The van der Waals surface area contributed by atoms with Gasteiger partial charge in [0.2, 0.25) is 0 Å². The summed E-state index contributed by atoms with van der Waals surface area (Å²) in [7, 11) is 0. The van der Waals surface area contributed by atoms with Gasteiger partial charge in [-0.15, -0.1) is 0 Å². The summed E-state index contributed by atoms with van der Waals surface area (Å²) in [6.45, 7) is 3.55. The van der Waals surface area contributed by atoms with E-state index in [2.05, 4.69) is 0 Å². The Bertz CT molecular complexity index is 525. The normalized spacial score (nSPS) is 13.8. The lowest BCUT2D eigenvalue weighted by molar-refractivity contribution is -0.155. The number of amides is 2. The number of hydrogen-bond donors (Lipinski definition) is 1. The summed E-state index contributed by atoms with van der Waals surface area (Å²) in [5, 5.41) is 10.8. The first-order valence-corrected chi connectivity index (χ1v) is 6.86. The zero-order valence-corrected chi connectivity index (χ0v) is 12.4. The zero-order chi connectivity index (χ0) is 16.8. The molecule has 0 bridgehead atoms. The minimum absolute atomic E-state index is 0.0345. The van der Waals surface area contributed by atoms with Crippen molar-refractivity contribution in [2.24, 2.45) is 5.92 Å². The van der Waals surface area contributed by atoms with Crippen LogP contribution in [0.1, 0.15) is 25.5 Å². The van der Waals surface area contributed by atoms with Crippen LogP contribution in [-0.4, -0.2) is 30.2 Å². The first kappa shape index (κ1) is 17.8. The molecule has 0 aliphatic heterocycles. The highest BCUT2D eigenvalue weighted by molar-refractivity contribution is 5.74. The number of alkyl halides is 3. The van der Waals surface area contributed by atoms with Crippen LogP contribution in [0.4, 0.5) is 18.0 Å². The summed E-state index contributed by atoms with van der Waals surface area (Å²) in [4.78, 5) is 13.3. The number of nitrogens with zero attached hydrogens (tertiary/aromatic N) is 2. The molecular weight excluding hydrogens is 295 g/mol. The molecule has 2 amide bonds. The van der Waals surface area contributed by atoms with Crippen molar-refractivity contribution < 1.29 is 18.0 Å². The van der Waals surface area contributed by atoms with Gasteiger partial charge in [-0.2, -0.15) is 18.4 Å². The first-order chi connectivity index (χ1) is 10.3. The van der Waals surface area contributed by atoms with Crippen LogP contribution in [0.15, 0.2) is 30.3 Å². The van der Waals surface area contributed by atoms with Crippen LogP contribution in [0, 0.1) is 17.2 Å². The van der Waals surface area contributed by atoms with E-state index in [1.807, 2.05) is 11.4 Å². The third-order valence-electron chi connectivity index (χ3n) is 3.11. The molecule has 0 fully saturated rings. The minimum atomic E-state index is -4.60. The number of urea groups is 1. The molecule has 0 radical (unpaired) electrons. The van der Waals surface area contributed by atoms with Gasteiger partial charge < -0.3 is 10.2 Å². The number of nitrogens with one attached hydrogen (secondary N) is 1. The van der Waals surface area contributed by atoms with E-state index < -0.39 is 24.2 Å². The molecule has 1 aromatic carbocycles. The van der Waals surface area contributed by atoms with Crippen LogP contribution < -0.4 is 5.32 Å². The van der Waals surface area contributed by atoms with E-state index in [0.717, 1.165) is 0 Å². The highest BCUT2D eigenvalue weighted by Gasteiger charge is 2.42. The standard InChI is InChI=1S/C15H18F3N3O/c1-3-21(10-11(2)9-19)14(22)20-13(15(16,17)18)12-7-5-4-6-8-12/h4-8,11,13H,3,10H2,1-2H3,(H,20,22)/t11-,13-/m1/s1. The predicted molar refractivity (Wildman–Crippen MR) is 75.8 cm³/mol. The van der Waals surface area contributed by atoms with Gasteiger partial charge in [-0.25, -0.2) is 4.79 Å². The average molecular weight is 313 g/mol. The predicted octanol–water partition coefficient (Wildman–Crippen LogP) is 3.48. The Morgan fingerprint density at radius 2 is 1.95 bits per heavy atom. The Morgan fingerprint density at radius 1 is 1.36 bits per heavy atom. The van der Waals surface area contributed by atoms with Crippen LogP contribution >= 0.6 is 0 Å². The molecule has 2 atom stereocenters. The topological polar surface area (TPSA) is 56.1 Å². The molecule has 0 saturated carbocycles. The lowest BCUT2D eigenvalue weighted by Crippen LogP contribution is -2.46. The fraction of sp³-hybridized carbons (Fsp3) is 0.467. The lowest BCUT2D eigenvalue weighted by atomic mass is 10.1. The van der Waals surface area contributed by atoms with Crippen LogP contribution in [0.5, 0.6) is 0 Å². The second-order valence-electron chi connectivity index (χ2n) is 4.90. The van der Waals surface area contributed by atoms with Gasteiger partial charge in [0.15, 0.2) is 6.04 Å². The van der Waals surface area contributed by atoms with E-state index in [0.29, 0.717) is 0 Å². The van der Waals surface area contributed by atoms with Crippen molar-refractivity contribution in [1.29, 1.82) is 5.26 Å². The van der Waals surface area contributed by atoms with Crippen LogP contribution in [0.3, 0.4) is 0 Å². The van der Waals surface area contributed by atoms with Crippen molar-refractivity contribution in [3.8, 4) is 6.07 Å². The van der Waals surface area contributed by atoms with Gasteiger partial charge in [0, 0.05) is 13.1 Å². The van der Waals surface area contributed by atoms with Gasteiger partial charge in [-0.3, -0.25) is 0 Å². The van der Waals surface area contributed by atoms with E-state index in [4.69, 9.17) is 5.26 Å². The monoisotopic (exact) mass is 313 g/mol. The number of carbonyl (C=O) groups excluding carboxylic acids is 1. The van der Waals surface area contributed by atoms with Crippen molar-refractivity contribution in [3.63, 3.8) is 0 Å². The summed E-state index contributed by atoms with van der Waals surface area (Å²) in [5.74, 6) is -0.452. The highest BCUT2D eigenvalue weighted by Crippen LogP contribution is 2.32. The van der Waals surface area contributed by atoms with Crippen molar-refractivity contribution in [1.82, 2.24) is 10.2 Å². The number of nitriles is 1. The van der Waals surface area contributed by atoms with Gasteiger partial charge in [0.05, 0.1) is 12.0 Å². The summed E-state index contributed by atoms with van der Waals surface area (Å²) >= 11 is 0. The third kappa shape index (κ3) is 4.95. The molecule has 22 heavy (non-hydrogen) atoms. The fourth-order valence-electron chi connectivity index (χ4n) is 1.94. The molecule has 0 spiro atoms. The van der Waals surface area contributed by atoms with Gasteiger partial charge in [0.1, 0.15) is 0 Å². The molecule has 1 N–H and O–H groups in total. The number of benzene rings is 1. The number of halogens is 3. The van der Waals surface area contributed by atoms with Gasteiger partial charge in [-0.1, -0.05) is 30.3 Å². The summed E-state index contributed by atoms with van der Waals surface area (Å²) in [6.07, 6.45) is -4.60. The van der Waals surface area contributed by atoms with Crippen molar-refractivity contribution in [2.45, 2.75) is 26.1 Å². The van der Waals surface area contributed by atoms with E-state index in [9.17, 15) is 18.0 Å². The maximum Gasteiger partial charge on any atom is 0.412 e. The number of carbonyl (C=O) groups is 1. The largest absolute Gasteiger partial charge is 0.412 e. The second-order valence-corrected chi connectivity index (χ2v) is 4.90. The Hall–Kier alpha value is -2.23. The SMILES string of the molecule is CCN(C[C@H](C)C#N)C(=O)N[C@H](c1ccccc1)C(F)(F)F. The van der Waals surface area contributed by atoms with Gasteiger partial charge in [-0.05, 0) is 19.4 Å². The second kappa shape index (κ2) is 7.69. The maximum atomic E-state index is 13.2. The Morgan fingerprint density at radius 3 is 2.41 bits per heavy atom. The number of hydrogen-bond acceptors (Lipinski definition) is 2. The lowest BCUT2D eigenvalue weighted by Gasteiger charge is -2.27. The molecule has 7 heteroatoms. The van der Waals surface area contributed by atoms with E-state index >= 15 is 0 Å². The Labute approximate surface area is 127 Å². The van der Waals surface area contributed by atoms with Gasteiger partial charge in [0.25, 0.3) is 0 Å². The molecule has 0 aliphatic carbocycles. The van der Waals surface area contributed by atoms with E-state index in [1.54, 1.807) is 19.9 Å². The average Bonchev–Trinajstić information content (AvgIpc) is 2.49. The van der Waals surface area contributed by atoms with Crippen LogP contribution in [0.25, 0.3) is 0 Å². The quantitative estimate of drug-likeness (QED) is 0.905. The molecule has 4 nitrogen and oxygen atoms in total. The molecule has 1 rings (SSSR count). The Kier molecular flexibility index (Phi) is 6.23. The Balaban J connectivity index is 2.90. The highest BCUT2D eigenvalue weighted by atomic mass is 19.4. The molecule has 0 saturated heterocycles. The molecule has 1 aromatic rings. The molecule has 0 unspecified atom stereocenters. The molecular formula is C15H18F3N3O. The smallest absolute Gasteiger partial charge is 0.324 e. The zero-order valence-electron chi connectivity index (χ0n) is 12.4. The van der Waals surface area contributed by atoms with Gasteiger partial charge >= 0.3 is 12.2 Å². The molecule has 0 aromatic heterocycles. The maximum absolute atomic E-state index is 13.2. The fourth-order valence-corrected chi connectivity index (χ4v) is 1.94. The van der Waals surface area contributed by atoms with Crippen molar-refractivity contribution in [3.05, 3.63) is 35.9 Å². The first-order valence-electron chi connectivity index (χ1n) is 6.86. The number of rotatable bonds is 5. The molecule has 120 valence electrons. The third-order valence-corrected chi connectivity index (χ3v) is 3.11. The van der Waals surface area contributed by atoms with E-state index in [-0.39, 0.29) is 18.7 Å². The van der Waals surface area contributed by atoms with Crippen LogP contribution in [-0.2, 0) is 0 Å². The summed E-state index contributed by atoms with van der Waals surface area (Å²) < 4.78 is 39.5. The minimum Gasteiger partial charge on any atom is -0.324 e.